The highest BCUT2D eigenvalue weighted by atomic mass is 32.2. The van der Waals surface area contributed by atoms with Gasteiger partial charge in [0.25, 0.3) is 10.0 Å². The van der Waals surface area contributed by atoms with Crippen LogP contribution in [0.15, 0.2) is 65.6 Å². The van der Waals surface area contributed by atoms with Crippen molar-refractivity contribution in [3.05, 3.63) is 66.2 Å². The number of nitrogens with zero attached hydrogens (tertiary/aromatic N) is 4. The molecule has 0 radical (unpaired) electrons. The molecule has 184 valence electrons. The van der Waals surface area contributed by atoms with Crippen LogP contribution in [-0.4, -0.2) is 47.9 Å². The van der Waals surface area contributed by atoms with Gasteiger partial charge in [-0.25, -0.2) is 18.4 Å². The number of aromatic nitrogens is 4. The van der Waals surface area contributed by atoms with Gasteiger partial charge in [0.05, 0.1) is 37.0 Å². The Kier molecular flexibility index (Phi) is 6.53. The first kappa shape index (κ1) is 23.7. The third-order valence-electron chi connectivity index (χ3n) is 5.49. The van der Waals surface area contributed by atoms with E-state index in [0.717, 1.165) is 17.3 Å². The Labute approximate surface area is 211 Å². The molecular weight excluding hydrogens is 500 g/mol. The van der Waals surface area contributed by atoms with Crippen molar-refractivity contribution < 1.29 is 17.9 Å². The second-order valence-corrected chi connectivity index (χ2v) is 9.95. The third-order valence-corrected chi connectivity index (χ3v) is 7.41. The summed E-state index contributed by atoms with van der Waals surface area (Å²) in [4.78, 5) is 9.20. The number of anilines is 2. The Morgan fingerprint density at radius 1 is 0.833 bits per heavy atom. The van der Waals surface area contributed by atoms with Gasteiger partial charge in [-0.15, -0.1) is 0 Å². The van der Waals surface area contributed by atoms with Gasteiger partial charge in [0.1, 0.15) is 15.9 Å². The molecule has 2 aromatic heterocycles. The van der Waals surface area contributed by atoms with Gasteiger partial charge in [0.15, 0.2) is 23.1 Å². The second-order valence-electron chi connectivity index (χ2n) is 7.77. The van der Waals surface area contributed by atoms with Crippen LogP contribution in [0.25, 0.3) is 22.1 Å². The normalized spacial score (nSPS) is 11.5. The molecule has 0 spiro atoms. The zero-order valence-corrected chi connectivity index (χ0v) is 21.1. The van der Waals surface area contributed by atoms with Gasteiger partial charge in [-0.2, -0.15) is 8.75 Å². The smallest absolute Gasteiger partial charge is 0.265 e. The molecule has 0 aliphatic heterocycles. The molecule has 2 N–H and O–H groups in total. The van der Waals surface area contributed by atoms with Gasteiger partial charge in [-0.05, 0) is 48.4 Å². The van der Waals surface area contributed by atoms with E-state index >= 15 is 0 Å². The van der Waals surface area contributed by atoms with E-state index in [0.29, 0.717) is 52.3 Å². The average Bonchev–Trinajstić information content (AvgIpc) is 3.37. The first-order valence-corrected chi connectivity index (χ1v) is 13.2. The van der Waals surface area contributed by atoms with Crippen LogP contribution >= 0.6 is 11.7 Å². The fourth-order valence-electron chi connectivity index (χ4n) is 3.74. The van der Waals surface area contributed by atoms with Crippen molar-refractivity contribution in [2.24, 2.45) is 0 Å². The molecule has 10 nitrogen and oxygen atoms in total. The average molecular weight is 523 g/mol. The van der Waals surface area contributed by atoms with Crippen LogP contribution in [-0.2, 0) is 16.4 Å². The van der Waals surface area contributed by atoms with Crippen LogP contribution in [0, 0.1) is 0 Å². The fourth-order valence-corrected chi connectivity index (χ4v) is 5.51. The molecule has 0 bridgehead atoms. The van der Waals surface area contributed by atoms with E-state index in [2.05, 4.69) is 28.8 Å². The van der Waals surface area contributed by atoms with E-state index in [1.54, 1.807) is 32.4 Å². The number of benzene rings is 3. The fraction of sp³-hybridized carbons (Fsp3) is 0.167. The van der Waals surface area contributed by atoms with Gasteiger partial charge in [0, 0.05) is 6.54 Å². The maximum atomic E-state index is 13.3. The van der Waals surface area contributed by atoms with Gasteiger partial charge in [0.2, 0.25) is 0 Å². The molecule has 0 unspecified atom stereocenters. The minimum absolute atomic E-state index is 0.0278. The molecule has 0 aliphatic rings. The first-order chi connectivity index (χ1) is 17.5. The molecule has 0 saturated carbocycles. The Morgan fingerprint density at radius 2 is 1.56 bits per heavy atom. The minimum atomic E-state index is -4.01. The van der Waals surface area contributed by atoms with Crippen LogP contribution in [0.3, 0.4) is 0 Å². The Hall–Kier alpha value is -4.03. The van der Waals surface area contributed by atoms with Gasteiger partial charge >= 0.3 is 0 Å². The quantitative estimate of drug-likeness (QED) is 0.294. The maximum Gasteiger partial charge on any atom is 0.265 e. The molecule has 0 amide bonds. The van der Waals surface area contributed by atoms with Crippen LogP contribution in [0.2, 0.25) is 0 Å². The predicted octanol–water partition coefficient (Wildman–Crippen LogP) is 4.11. The molecule has 0 aliphatic carbocycles. The van der Waals surface area contributed by atoms with Crippen molar-refractivity contribution in [1.29, 1.82) is 0 Å². The highest BCUT2D eigenvalue weighted by Gasteiger charge is 2.22. The summed E-state index contributed by atoms with van der Waals surface area (Å²) in [6.07, 6.45) is 0.630. The molecule has 3 aromatic carbocycles. The van der Waals surface area contributed by atoms with Gasteiger partial charge in [-0.1, -0.05) is 24.3 Å². The highest BCUT2D eigenvalue weighted by molar-refractivity contribution is 7.93. The number of nitrogens with one attached hydrogen (secondary N) is 2. The molecule has 12 heteroatoms. The van der Waals surface area contributed by atoms with Crippen LogP contribution < -0.4 is 19.5 Å². The lowest BCUT2D eigenvalue weighted by Crippen LogP contribution is -2.17. The van der Waals surface area contributed by atoms with Crippen molar-refractivity contribution in [3.8, 4) is 11.5 Å². The molecule has 2 heterocycles. The minimum Gasteiger partial charge on any atom is -0.493 e. The maximum absolute atomic E-state index is 13.3. The van der Waals surface area contributed by atoms with E-state index in [-0.39, 0.29) is 10.7 Å². The molecule has 5 rings (SSSR count). The number of methoxy groups -OCH3 is 2. The standard InChI is InChI=1S/C24H22N6O4S2/c1-33-19-11-10-15(14-20(19)34-2)12-13-25-23-24(27-17-7-4-3-6-16(17)26-23)30-36(31,32)21-9-5-8-18-22(21)29-35-28-18/h3-11,14H,12-13H2,1-2H3,(H,25,26)(H,27,30). The van der Waals surface area contributed by atoms with Crippen LogP contribution in [0.1, 0.15) is 5.56 Å². The zero-order valence-electron chi connectivity index (χ0n) is 19.4. The summed E-state index contributed by atoms with van der Waals surface area (Å²) in [5, 5.41) is 3.23. The summed E-state index contributed by atoms with van der Waals surface area (Å²) in [6, 6.07) is 17.8. The van der Waals surface area contributed by atoms with E-state index < -0.39 is 10.0 Å². The largest absolute Gasteiger partial charge is 0.493 e. The number of sulfonamides is 1. The number of hydrogen-bond donors (Lipinski definition) is 2. The summed E-state index contributed by atoms with van der Waals surface area (Å²) in [6.45, 7) is 0.475. The Balaban J connectivity index is 1.44. The number of ether oxygens (including phenoxy) is 2. The van der Waals surface area contributed by atoms with Crippen molar-refractivity contribution in [1.82, 2.24) is 18.7 Å². The summed E-state index contributed by atoms with van der Waals surface area (Å²) in [5.74, 6) is 1.71. The van der Waals surface area contributed by atoms with Crippen LogP contribution in [0.5, 0.6) is 11.5 Å². The van der Waals surface area contributed by atoms with E-state index in [1.165, 1.54) is 6.07 Å². The lowest BCUT2D eigenvalue weighted by atomic mass is 10.1. The summed E-state index contributed by atoms with van der Waals surface area (Å²) >= 11 is 0.959. The van der Waals surface area contributed by atoms with Crippen LogP contribution in [0.4, 0.5) is 11.6 Å². The van der Waals surface area contributed by atoms with Crippen molar-refractivity contribution in [3.63, 3.8) is 0 Å². The zero-order chi connectivity index (χ0) is 25.1. The molecule has 0 fully saturated rings. The van der Waals surface area contributed by atoms with Gasteiger partial charge in [-0.3, -0.25) is 4.72 Å². The van der Waals surface area contributed by atoms with Crippen molar-refractivity contribution in [2.45, 2.75) is 11.3 Å². The monoisotopic (exact) mass is 522 g/mol. The molecule has 0 saturated heterocycles. The third kappa shape index (κ3) is 4.72. The highest BCUT2D eigenvalue weighted by Crippen LogP contribution is 2.29. The summed E-state index contributed by atoms with van der Waals surface area (Å²) < 4.78 is 48.2. The lowest BCUT2D eigenvalue weighted by Gasteiger charge is -2.14. The first-order valence-electron chi connectivity index (χ1n) is 10.9. The molecule has 5 aromatic rings. The van der Waals surface area contributed by atoms with E-state index in [1.807, 2.05) is 36.4 Å². The predicted molar refractivity (Wildman–Crippen MR) is 140 cm³/mol. The second kappa shape index (κ2) is 9.91. The lowest BCUT2D eigenvalue weighted by molar-refractivity contribution is 0.354. The Morgan fingerprint density at radius 3 is 2.31 bits per heavy atom. The number of para-hydroxylation sites is 2. The Bertz CT molecular complexity index is 1660. The number of rotatable bonds is 9. The number of fused-ring (bicyclic) bond motifs is 2. The van der Waals surface area contributed by atoms with Crippen molar-refractivity contribution >= 4 is 55.5 Å². The molecule has 36 heavy (non-hydrogen) atoms. The topological polar surface area (TPSA) is 128 Å². The summed E-state index contributed by atoms with van der Waals surface area (Å²) in [5.41, 5.74) is 3.04. The SMILES string of the molecule is COc1ccc(CCNc2nc3ccccc3nc2NS(=O)(=O)c2cccc3nsnc23)cc1OC. The summed E-state index contributed by atoms with van der Waals surface area (Å²) in [7, 11) is -0.836. The molecular formula is C24H22N6O4S2. The molecule has 0 atom stereocenters. The van der Waals surface area contributed by atoms with Gasteiger partial charge < -0.3 is 14.8 Å². The van der Waals surface area contributed by atoms with E-state index in [4.69, 9.17) is 9.47 Å². The van der Waals surface area contributed by atoms with E-state index in [9.17, 15) is 8.42 Å². The number of hydrogen-bond acceptors (Lipinski definition) is 10. The van der Waals surface area contributed by atoms with Crippen molar-refractivity contribution in [2.75, 3.05) is 30.8 Å².